The minimum absolute atomic E-state index is 0. The van der Waals surface area contributed by atoms with Crippen LogP contribution in [-0.2, 0) is 25.1 Å². The number of aliphatic hydroxyl groups excluding tert-OH is 1. The zero-order valence-electron chi connectivity index (χ0n) is 42.6. The number of esters is 1. The van der Waals surface area contributed by atoms with E-state index in [1.165, 1.54) is 12.5 Å². The van der Waals surface area contributed by atoms with Crippen molar-refractivity contribution >= 4 is 31.9 Å². The summed E-state index contributed by atoms with van der Waals surface area (Å²) in [5.41, 5.74) is 5.03. The van der Waals surface area contributed by atoms with E-state index in [0.29, 0.717) is 6.42 Å². The summed E-state index contributed by atoms with van der Waals surface area (Å²) in [6, 6.07) is 11.8. The number of likely N-dealkylation sites (N-methyl/N-ethyl adjacent to an activating group) is 2. The van der Waals surface area contributed by atoms with Gasteiger partial charge < -0.3 is 55.1 Å². The molecule has 6 heterocycles. The Balaban J connectivity index is 0.000000222. The summed E-state index contributed by atoms with van der Waals surface area (Å²) in [7, 11) is 7.31. The number of anilines is 2. The first-order chi connectivity index (χ1) is 33.2. The lowest BCUT2D eigenvalue weighted by atomic mass is 9.47. The van der Waals surface area contributed by atoms with Gasteiger partial charge in [-0.25, -0.2) is 4.79 Å². The number of aliphatic hydroxyl groups is 3. The average Bonchev–Trinajstić information content (AvgIpc) is 4.09. The first kappa shape index (κ1) is 55.7. The number of halogens is 4. The van der Waals surface area contributed by atoms with E-state index in [-0.39, 0.29) is 45.0 Å². The lowest BCUT2D eigenvalue weighted by Gasteiger charge is -2.64. The summed E-state index contributed by atoms with van der Waals surface area (Å²) in [5.74, 6) is 1.07. The van der Waals surface area contributed by atoms with E-state index in [0.717, 1.165) is 73.9 Å². The number of carbonyl (C=O) groups excluding carboxylic acids is 2. The van der Waals surface area contributed by atoms with Crippen LogP contribution in [0, 0.1) is 10.8 Å². The Labute approximate surface area is 416 Å². The number of rotatable bonds is 8. The summed E-state index contributed by atoms with van der Waals surface area (Å²) in [5, 5.41) is 39.3. The fraction of sp³-hybridized carbons (Fsp3) is 0.647. The molecule has 2 spiro atoms. The van der Waals surface area contributed by atoms with Crippen molar-refractivity contribution in [1.82, 2.24) is 15.1 Å². The van der Waals surface area contributed by atoms with Crippen molar-refractivity contribution in [2.45, 2.75) is 131 Å². The second kappa shape index (κ2) is 20.0. The molecule has 71 heavy (non-hydrogen) atoms. The van der Waals surface area contributed by atoms with E-state index < -0.39 is 63.4 Å². The van der Waals surface area contributed by atoms with E-state index in [4.69, 9.17) is 43.0 Å². The number of fused-ring (bicyclic) bond motifs is 2. The van der Waals surface area contributed by atoms with Crippen LogP contribution in [0.3, 0.4) is 0 Å². The molecule has 8 aliphatic rings. The maximum atomic E-state index is 12.9. The largest absolute Gasteiger partial charge is 0.497 e. The van der Waals surface area contributed by atoms with E-state index in [9.17, 15) is 24.9 Å². The number of ether oxygens (including phenoxy) is 4. The average molecular weight is 1000 g/mol. The Morgan fingerprint density at radius 1 is 0.775 bits per heavy atom. The minimum atomic E-state index is -1.63. The zero-order valence-corrected chi connectivity index (χ0v) is 42.6. The van der Waals surface area contributed by atoms with Crippen molar-refractivity contribution in [3.63, 3.8) is 0 Å². The van der Waals surface area contributed by atoms with Gasteiger partial charge in [0.1, 0.15) is 34.4 Å². The summed E-state index contributed by atoms with van der Waals surface area (Å²) in [6.45, 7) is 14.4. The normalized spacial score (nSPS) is 36.3. The second-order valence-corrected chi connectivity index (χ2v) is 21.3. The Morgan fingerprint density at radius 2 is 1.23 bits per heavy atom. The third-order valence-corrected chi connectivity index (χ3v) is 17.4. The van der Waals surface area contributed by atoms with Crippen LogP contribution in [0.5, 0.6) is 11.5 Å². The minimum Gasteiger partial charge on any atom is -0.497 e. The molecule has 2 saturated heterocycles. The Hall–Kier alpha value is -4.60. The first-order valence-corrected chi connectivity index (χ1v) is 24.2. The Kier molecular flexibility index (Phi) is 15.7. The van der Waals surface area contributed by atoms with Gasteiger partial charge in [0.2, 0.25) is 0 Å². The molecule has 10 rings (SSSR count). The molecule has 6 aliphatic heterocycles. The Bertz CT molecular complexity index is 2350. The van der Waals surface area contributed by atoms with Crippen LogP contribution in [0.4, 0.5) is 34.5 Å². The number of hydrogen-bond donors (Lipinski definition) is 5. The predicted molar refractivity (Wildman–Crippen MR) is 262 cm³/mol. The third kappa shape index (κ3) is 7.82. The fourth-order valence-electron chi connectivity index (χ4n) is 15.5. The lowest BCUT2D eigenvalue weighted by Crippen LogP contribution is -2.81. The number of nitrogens with zero attached hydrogens (tertiary/aromatic N) is 4. The van der Waals surface area contributed by atoms with Crippen molar-refractivity contribution in [2.24, 2.45) is 16.6 Å². The number of benzene rings is 2. The van der Waals surface area contributed by atoms with E-state index in [2.05, 4.69) is 81.3 Å². The molecule has 6 N–H and O–H groups in total. The van der Waals surface area contributed by atoms with Crippen molar-refractivity contribution in [3.8, 4) is 11.5 Å². The number of nitrogens with one attached hydrogen (secondary N) is 1. The van der Waals surface area contributed by atoms with Crippen LogP contribution in [-0.4, -0.2) is 166 Å². The number of nitrogens with two attached hydrogens (primary N) is 1. The molecule has 2 aromatic rings. The van der Waals surface area contributed by atoms with Crippen LogP contribution < -0.4 is 30.3 Å². The molecule has 4 fully saturated rings. The number of methoxy groups -OCH3 is 2. The Morgan fingerprint density at radius 3 is 1.65 bits per heavy atom. The van der Waals surface area contributed by atoms with E-state index in [1.807, 2.05) is 32.3 Å². The predicted octanol–water partition coefficient (Wildman–Crippen LogP) is 5.15. The zero-order chi connectivity index (χ0) is 51.6. The molecular formula is C51H72BF4N6O9. The van der Waals surface area contributed by atoms with Crippen LogP contribution in [0.2, 0.25) is 0 Å². The van der Waals surface area contributed by atoms with Gasteiger partial charge in [-0.15, -0.1) is 0 Å². The molecule has 2 aromatic carbocycles. The summed E-state index contributed by atoms with van der Waals surface area (Å²) < 4.78 is 54.7. The smallest absolute Gasteiger partial charge is 0.407 e. The molecular weight excluding hydrogens is 927 g/mol. The molecule has 1 amide bonds. The molecule has 0 aromatic heterocycles. The van der Waals surface area contributed by atoms with Crippen LogP contribution >= 0.6 is 0 Å². The summed E-state index contributed by atoms with van der Waals surface area (Å²) >= 11 is 0. The molecule has 15 nitrogen and oxygen atoms in total. The molecule has 2 saturated carbocycles. The van der Waals surface area contributed by atoms with Crippen molar-refractivity contribution in [2.75, 3.05) is 77.4 Å². The van der Waals surface area contributed by atoms with E-state index >= 15 is 0 Å². The standard InChI is InChI=1S/C29H41N3O6.C22H31N3O3.B.2F2/c1-8-27-12-9-14-32-15-13-28(22(27)32)20-11-10-19(36-7)16-21(20)31(6)23(28)29(35,24(27)37-18(2)33)17-30-25(34)38-26(3,4)5;1-4-20-8-5-10-25-11-9-21(17(20)25)15-7-6-14(28-3)12-16(15)24(2)18(21)22(27,13-23)19(20)26;;2*1-2/h9-12,16,22-24,35H,8,13-15,17H2,1-7H3,(H,30,34);5-8,12,17-19,26-27H,4,9-11,13,23H2,1-3H3;;;/t22-,23+,24+,27+,28+,29-;17-,18+,19+,20+,21+,22-;;;/m00.../s1. The second-order valence-electron chi connectivity index (χ2n) is 21.3. The molecule has 20 heteroatoms. The molecule has 3 radical (unpaired) electrons. The van der Waals surface area contributed by atoms with Crippen LogP contribution in [0.25, 0.3) is 0 Å². The highest BCUT2D eigenvalue weighted by Crippen LogP contribution is 2.68. The number of carbonyl (C=O) groups is 2. The topological polar surface area (TPSA) is 183 Å². The van der Waals surface area contributed by atoms with Gasteiger partial charge in [-0.3, -0.25) is 14.6 Å². The summed E-state index contributed by atoms with van der Waals surface area (Å²) in [4.78, 5) is 34.7. The van der Waals surface area contributed by atoms with Gasteiger partial charge >= 0.3 is 12.1 Å². The highest BCUT2D eigenvalue weighted by molar-refractivity contribution is 5.76. The quantitative estimate of drug-likeness (QED) is 0.101. The van der Waals surface area contributed by atoms with Gasteiger partial charge in [0.25, 0.3) is 0 Å². The highest BCUT2D eigenvalue weighted by Gasteiger charge is 2.79. The SMILES string of the molecule is CC[C@]12C=CCN3CC[C@@]4(c5ccc(OC)cc5N(C)[C@H]4[C@@](O)(CN)[C@@H]1O)[C@@H]32.CC[C@]12C=CCN3CC[C@@]4(c5ccc(OC)cc5N(C)[C@H]4[C@@](O)(CNC(=O)OC(C)(C)C)[C@@H]1OC(C)=O)[C@@H]32.FF.FF.[B]. The first-order valence-electron chi connectivity index (χ1n) is 24.2. The highest BCUT2D eigenvalue weighted by atomic mass is 20.0. The van der Waals surface area contributed by atoms with Crippen LogP contribution in [0.15, 0.2) is 60.7 Å². The molecule has 391 valence electrons. The van der Waals surface area contributed by atoms with Crippen LogP contribution in [0.1, 0.15) is 78.4 Å². The monoisotopic (exact) mass is 1000 g/mol. The molecule has 2 aliphatic carbocycles. The third-order valence-electron chi connectivity index (χ3n) is 17.4. The van der Waals surface area contributed by atoms with E-state index in [1.54, 1.807) is 35.0 Å². The molecule has 0 unspecified atom stereocenters. The van der Waals surface area contributed by atoms with Gasteiger partial charge in [-0.05, 0) is 82.8 Å². The maximum absolute atomic E-state index is 12.9. The van der Waals surface area contributed by atoms with Gasteiger partial charge in [-0.1, -0.05) is 50.3 Å². The van der Waals surface area contributed by atoms with Gasteiger partial charge in [0, 0.05) is 125 Å². The van der Waals surface area contributed by atoms with Gasteiger partial charge in [0.05, 0.1) is 39.0 Å². The fourth-order valence-corrected chi connectivity index (χ4v) is 15.5. The maximum Gasteiger partial charge on any atom is 0.407 e. The molecule has 0 bridgehead atoms. The molecule has 12 atom stereocenters. The van der Waals surface area contributed by atoms with Gasteiger partial charge in [0.15, 0.2) is 0 Å². The van der Waals surface area contributed by atoms with Crippen molar-refractivity contribution < 1.29 is 62.2 Å². The van der Waals surface area contributed by atoms with Crippen molar-refractivity contribution in [3.05, 3.63) is 71.8 Å². The van der Waals surface area contributed by atoms with Gasteiger partial charge in [-0.2, -0.15) is 0 Å². The summed E-state index contributed by atoms with van der Waals surface area (Å²) in [6.07, 6.45) is 9.37. The lowest BCUT2D eigenvalue weighted by molar-refractivity contribution is -0.217. The number of hydrogen-bond acceptors (Lipinski definition) is 14. The number of amides is 1. The van der Waals surface area contributed by atoms with Crippen molar-refractivity contribution in [1.29, 1.82) is 0 Å². The number of alkyl carbamates (subject to hydrolysis) is 1.